The van der Waals surface area contributed by atoms with Crippen LogP contribution < -0.4 is 25.7 Å². The molecule has 1 fully saturated rings. The number of nitrogens with zero attached hydrogens (tertiary/aromatic N) is 6. The summed E-state index contributed by atoms with van der Waals surface area (Å²) in [6.07, 6.45) is 4.69. The van der Waals surface area contributed by atoms with Crippen LogP contribution in [0.4, 0.5) is 23.0 Å². The van der Waals surface area contributed by atoms with Gasteiger partial charge in [0, 0.05) is 61.2 Å². The fourth-order valence-corrected chi connectivity index (χ4v) is 9.21. The Bertz CT molecular complexity index is 2550. The van der Waals surface area contributed by atoms with E-state index in [-0.39, 0.29) is 28.2 Å². The predicted molar refractivity (Wildman–Crippen MR) is 229 cm³/mol. The van der Waals surface area contributed by atoms with Crippen molar-refractivity contribution >= 4 is 62.3 Å². The molecule has 3 aromatic carbocycles. The zero-order valence-electron chi connectivity index (χ0n) is 32.5. The van der Waals surface area contributed by atoms with Gasteiger partial charge in [-0.15, -0.1) is 11.8 Å². The van der Waals surface area contributed by atoms with Crippen LogP contribution in [0.2, 0.25) is 0 Å². The van der Waals surface area contributed by atoms with Gasteiger partial charge in [-0.2, -0.15) is 5.10 Å². The van der Waals surface area contributed by atoms with E-state index >= 15 is 0 Å². The second kappa shape index (κ2) is 18.5. The summed E-state index contributed by atoms with van der Waals surface area (Å²) in [5.41, 5.74) is 5.59. The van der Waals surface area contributed by atoms with Gasteiger partial charge in [-0.3, -0.25) is 25.2 Å². The Morgan fingerprint density at radius 3 is 2.53 bits per heavy atom. The molecule has 2 aliphatic heterocycles. The Hall–Kier alpha value is -6.05. The van der Waals surface area contributed by atoms with Gasteiger partial charge in [0.25, 0.3) is 21.8 Å². The quantitative estimate of drug-likeness (QED) is 0.0672. The molecule has 60 heavy (non-hydrogen) atoms. The number of amides is 2. The third-order valence-corrected chi connectivity index (χ3v) is 12.9. The van der Waals surface area contributed by atoms with Crippen molar-refractivity contribution in [3.63, 3.8) is 0 Å². The number of thioether (sulfide) groups is 1. The summed E-state index contributed by atoms with van der Waals surface area (Å²) in [6.45, 7) is 4.85. The molecule has 0 bridgehead atoms. The molecule has 1 atom stereocenters. The number of ether oxygens (including phenoxy) is 1. The summed E-state index contributed by atoms with van der Waals surface area (Å²) in [6, 6.07) is 28.2. The highest BCUT2D eigenvalue weighted by atomic mass is 32.2. The monoisotopic (exact) mass is 848 g/mol. The van der Waals surface area contributed by atoms with E-state index in [2.05, 4.69) is 52.9 Å². The van der Waals surface area contributed by atoms with E-state index in [1.54, 1.807) is 65.1 Å². The number of benzene rings is 3. The number of aromatic nitrogens is 4. The van der Waals surface area contributed by atoms with Crippen LogP contribution in [0.15, 0.2) is 119 Å². The number of morpholine rings is 1. The van der Waals surface area contributed by atoms with Gasteiger partial charge in [0.15, 0.2) is 11.5 Å². The number of anilines is 4. The van der Waals surface area contributed by atoms with E-state index in [0.29, 0.717) is 61.3 Å². The predicted octanol–water partition coefficient (Wildman–Crippen LogP) is 5.15. The molecular formula is C42H44N10O6S2. The zero-order chi connectivity index (χ0) is 41.5. The molecule has 6 aromatic rings. The minimum Gasteiger partial charge on any atom is -0.380 e. The van der Waals surface area contributed by atoms with Crippen molar-refractivity contribution in [2.75, 3.05) is 66.2 Å². The summed E-state index contributed by atoms with van der Waals surface area (Å²) in [7, 11) is -4.39. The molecule has 5 heterocycles. The van der Waals surface area contributed by atoms with Crippen LogP contribution in [-0.4, -0.2) is 101 Å². The van der Waals surface area contributed by atoms with Gasteiger partial charge in [0.1, 0.15) is 11.5 Å². The first-order valence-electron chi connectivity index (χ1n) is 19.5. The van der Waals surface area contributed by atoms with Crippen LogP contribution in [0.1, 0.15) is 38.4 Å². The van der Waals surface area contributed by atoms with Crippen LogP contribution in [0.25, 0.3) is 5.65 Å². The van der Waals surface area contributed by atoms with Crippen LogP contribution in [0.5, 0.6) is 0 Å². The molecule has 0 unspecified atom stereocenters. The van der Waals surface area contributed by atoms with E-state index in [4.69, 9.17) is 4.74 Å². The van der Waals surface area contributed by atoms with Gasteiger partial charge in [0.05, 0.1) is 35.7 Å². The van der Waals surface area contributed by atoms with E-state index in [1.165, 1.54) is 18.2 Å². The molecule has 0 aliphatic carbocycles. The molecule has 0 saturated carbocycles. The number of fused-ring (bicyclic) bond motifs is 2. The molecule has 16 nitrogen and oxygen atoms in total. The summed E-state index contributed by atoms with van der Waals surface area (Å²) in [5.74, 6) is 0.302. The summed E-state index contributed by atoms with van der Waals surface area (Å²) < 4.78 is 36.4. The van der Waals surface area contributed by atoms with Crippen LogP contribution in [-0.2, 0) is 27.7 Å². The lowest BCUT2D eigenvalue weighted by molar-refractivity contribution is 0.0370. The number of rotatable bonds is 15. The number of nitrogens with one attached hydrogen (secondary N) is 4. The van der Waals surface area contributed by atoms with Gasteiger partial charge in [-0.25, -0.2) is 27.6 Å². The van der Waals surface area contributed by atoms with E-state index in [9.17, 15) is 23.2 Å². The summed E-state index contributed by atoms with van der Waals surface area (Å²) in [4.78, 5) is 41.2. The highest BCUT2D eigenvalue weighted by Crippen LogP contribution is 2.30. The first-order valence-corrected chi connectivity index (χ1v) is 22.0. The normalized spacial score (nSPS) is 14.9. The third kappa shape index (κ3) is 9.69. The maximum absolute atomic E-state index is 13.6. The van der Waals surface area contributed by atoms with Crippen molar-refractivity contribution < 1.29 is 28.0 Å². The van der Waals surface area contributed by atoms with Crippen LogP contribution in [0.3, 0.4) is 0 Å². The van der Waals surface area contributed by atoms with Crippen molar-refractivity contribution in [1.82, 2.24) is 29.2 Å². The van der Waals surface area contributed by atoms with Gasteiger partial charge in [-0.05, 0) is 84.6 Å². The largest absolute Gasteiger partial charge is 0.380 e. The van der Waals surface area contributed by atoms with E-state index in [0.717, 1.165) is 47.8 Å². The average Bonchev–Trinajstić information content (AvgIpc) is 3.70. The van der Waals surface area contributed by atoms with E-state index < -0.39 is 15.9 Å². The maximum Gasteiger partial charge on any atom is 0.283 e. The molecule has 2 amide bonds. The lowest BCUT2D eigenvalue weighted by Gasteiger charge is -2.31. The number of carbonyl (C=O) groups excluding carboxylic acids is 2. The summed E-state index contributed by atoms with van der Waals surface area (Å²) in [5, 5.41) is 20.7. The van der Waals surface area contributed by atoms with Crippen molar-refractivity contribution in [1.29, 1.82) is 0 Å². The van der Waals surface area contributed by atoms with Gasteiger partial charge < -0.3 is 20.3 Å². The minimum absolute atomic E-state index is 0.0243. The fourth-order valence-electron chi connectivity index (χ4n) is 7.23. The molecule has 310 valence electrons. The third-order valence-electron chi connectivity index (χ3n) is 10.4. The molecule has 1 saturated heterocycles. The smallest absolute Gasteiger partial charge is 0.283 e. The number of imidazole rings is 1. The van der Waals surface area contributed by atoms with Gasteiger partial charge in [0.2, 0.25) is 0 Å². The SMILES string of the molecule is O=C(NS(=O)(=O)c1ccc(N[C@H](CCN2CCOCC2)CSc2ccccc2)c(NO)c1)c1cccc(N2CCc3cccc(C(=O)Nc4cn5ncccc5n4)c3C2)n1. The lowest BCUT2D eigenvalue weighted by Crippen LogP contribution is -2.39. The number of sulfonamides is 1. The maximum atomic E-state index is 13.6. The molecular weight excluding hydrogens is 805 g/mol. The van der Waals surface area contributed by atoms with Crippen molar-refractivity contribution in [2.24, 2.45) is 0 Å². The Morgan fingerprint density at radius 2 is 1.72 bits per heavy atom. The van der Waals surface area contributed by atoms with Crippen molar-refractivity contribution in [3.05, 3.63) is 132 Å². The van der Waals surface area contributed by atoms with Crippen LogP contribution in [0, 0.1) is 0 Å². The minimum atomic E-state index is -4.39. The molecule has 2 aliphatic rings. The zero-order valence-corrected chi connectivity index (χ0v) is 34.2. The Kier molecular flexibility index (Phi) is 12.5. The second-order valence-corrected chi connectivity index (χ2v) is 17.1. The Morgan fingerprint density at radius 1 is 0.883 bits per heavy atom. The second-order valence-electron chi connectivity index (χ2n) is 14.4. The highest BCUT2D eigenvalue weighted by Gasteiger charge is 2.26. The summed E-state index contributed by atoms with van der Waals surface area (Å²) >= 11 is 1.71. The standard InChI is InChI=1S/C42H44N10O6S2/c53-41(47-38-27-52-40(46-38)13-6-18-43-52)33-10-4-7-29-16-20-51(26-34(29)33)39-12-5-11-36(45-39)42(54)49-60(56,57)32-14-15-35(37(25-32)48-55)44-30(17-19-50-21-23-58-24-22-50)28-59-31-8-2-1-3-9-31/h1-15,18,25,27,30,44,48,55H,16-17,19-24,26,28H2,(H,47,53)(H,49,54)/t30-/m1/s1. The van der Waals surface area contributed by atoms with Crippen molar-refractivity contribution in [2.45, 2.75) is 35.2 Å². The van der Waals surface area contributed by atoms with E-state index in [1.807, 2.05) is 35.2 Å². The van der Waals surface area contributed by atoms with Gasteiger partial charge in [-0.1, -0.05) is 36.4 Å². The molecule has 0 radical (unpaired) electrons. The Balaban J connectivity index is 0.935. The van der Waals surface area contributed by atoms with Crippen molar-refractivity contribution in [3.8, 4) is 0 Å². The molecule has 8 rings (SSSR count). The lowest BCUT2D eigenvalue weighted by atomic mass is 9.94. The van der Waals surface area contributed by atoms with Gasteiger partial charge >= 0.3 is 0 Å². The Labute approximate surface area is 351 Å². The van der Waals surface area contributed by atoms with Crippen LogP contribution >= 0.6 is 11.8 Å². The highest BCUT2D eigenvalue weighted by molar-refractivity contribution is 7.99. The molecule has 5 N–H and O–H groups in total. The number of hydrogen-bond acceptors (Lipinski definition) is 14. The first-order chi connectivity index (χ1) is 29.2. The number of hydrogen-bond donors (Lipinski definition) is 5. The molecule has 18 heteroatoms. The first kappa shape index (κ1) is 40.7. The average molecular weight is 849 g/mol. The molecule has 0 spiro atoms. The number of pyridine rings is 1. The fraction of sp³-hybridized carbons (Fsp3) is 0.262. The topological polar surface area (TPSA) is 195 Å². The molecule has 3 aromatic heterocycles. The number of carbonyl (C=O) groups is 2.